The van der Waals surface area contributed by atoms with Crippen LogP contribution >= 0.6 is 0 Å². The highest BCUT2D eigenvalue weighted by Gasteiger charge is 2.49. The summed E-state index contributed by atoms with van der Waals surface area (Å²) in [6.45, 7) is 0.271. The van der Waals surface area contributed by atoms with Crippen molar-refractivity contribution < 1.29 is 14.6 Å². The molecule has 1 aliphatic rings. The number of anilines is 1. The quantitative estimate of drug-likeness (QED) is 0.810. The molecule has 1 aliphatic carbocycles. The zero-order chi connectivity index (χ0) is 14.0. The number of hydrogen-bond acceptors (Lipinski definition) is 4. The third-order valence-electron chi connectivity index (χ3n) is 3.70. The summed E-state index contributed by atoms with van der Waals surface area (Å²) in [5.41, 5.74) is 5.76. The fraction of sp³-hybridized carbons (Fsp3) is 0.500. The molecule has 0 bridgehead atoms. The number of likely N-dealkylation sites (N-methyl/N-ethyl adjacent to an activating group) is 1. The molecular formula is C14H20N2O3. The van der Waals surface area contributed by atoms with E-state index in [-0.39, 0.29) is 12.5 Å². The average Bonchev–Trinajstić information content (AvgIpc) is 3.22. The van der Waals surface area contributed by atoms with Gasteiger partial charge in [-0.1, -0.05) is 12.1 Å². The highest BCUT2D eigenvalue weighted by molar-refractivity contribution is 5.81. The van der Waals surface area contributed by atoms with E-state index in [4.69, 9.17) is 10.5 Å². The SMILES string of the molecule is COc1ccccc1N(C)CC(N)(C(=O)O)C1CC1. The third kappa shape index (κ3) is 2.66. The third-order valence-corrected chi connectivity index (χ3v) is 3.70. The Balaban J connectivity index is 2.19. The fourth-order valence-electron chi connectivity index (χ4n) is 2.39. The van der Waals surface area contributed by atoms with Crippen LogP contribution in [-0.2, 0) is 4.79 Å². The molecule has 1 aromatic rings. The molecule has 0 radical (unpaired) electrons. The summed E-state index contributed by atoms with van der Waals surface area (Å²) in [7, 11) is 3.44. The van der Waals surface area contributed by atoms with Crippen molar-refractivity contribution in [3.63, 3.8) is 0 Å². The molecule has 0 amide bonds. The van der Waals surface area contributed by atoms with Gasteiger partial charge in [-0.25, -0.2) is 0 Å². The van der Waals surface area contributed by atoms with Gasteiger partial charge in [0.1, 0.15) is 11.3 Å². The topological polar surface area (TPSA) is 75.8 Å². The van der Waals surface area contributed by atoms with E-state index in [2.05, 4.69) is 0 Å². The minimum Gasteiger partial charge on any atom is -0.495 e. The van der Waals surface area contributed by atoms with Crippen molar-refractivity contribution in [3.8, 4) is 5.75 Å². The molecule has 1 unspecified atom stereocenters. The Labute approximate surface area is 113 Å². The van der Waals surface area contributed by atoms with Crippen molar-refractivity contribution in [2.24, 2.45) is 11.7 Å². The lowest BCUT2D eigenvalue weighted by Gasteiger charge is -2.32. The fourth-order valence-corrected chi connectivity index (χ4v) is 2.39. The van der Waals surface area contributed by atoms with Gasteiger partial charge in [-0.3, -0.25) is 4.79 Å². The van der Waals surface area contributed by atoms with Crippen molar-refractivity contribution in [2.75, 3.05) is 25.6 Å². The number of methoxy groups -OCH3 is 1. The molecule has 5 heteroatoms. The van der Waals surface area contributed by atoms with Crippen LogP contribution < -0.4 is 15.4 Å². The number of carboxylic acid groups (broad SMARTS) is 1. The minimum atomic E-state index is -1.18. The van der Waals surface area contributed by atoms with Gasteiger partial charge in [0.15, 0.2) is 0 Å². The van der Waals surface area contributed by atoms with E-state index in [1.165, 1.54) is 0 Å². The predicted octanol–water partition coefficient (Wildman–Crippen LogP) is 1.32. The average molecular weight is 264 g/mol. The zero-order valence-electron chi connectivity index (χ0n) is 11.3. The number of aliphatic carboxylic acids is 1. The summed E-state index contributed by atoms with van der Waals surface area (Å²) in [6.07, 6.45) is 1.78. The second-order valence-electron chi connectivity index (χ2n) is 5.15. The molecule has 19 heavy (non-hydrogen) atoms. The highest BCUT2D eigenvalue weighted by atomic mass is 16.5. The molecule has 1 saturated carbocycles. The van der Waals surface area contributed by atoms with Gasteiger partial charge in [-0.05, 0) is 30.9 Å². The van der Waals surface area contributed by atoms with Gasteiger partial charge in [0.25, 0.3) is 0 Å². The number of rotatable bonds is 6. The Morgan fingerprint density at radius 2 is 2.16 bits per heavy atom. The maximum atomic E-state index is 11.4. The second-order valence-corrected chi connectivity index (χ2v) is 5.15. The molecule has 2 rings (SSSR count). The molecular weight excluding hydrogens is 244 g/mol. The molecule has 1 atom stereocenters. The van der Waals surface area contributed by atoms with Gasteiger partial charge in [-0.15, -0.1) is 0 Å². The maximum absolute atomic E-state index is 11.4. The summed E-state index contributed by atoms with van der Waals surface area (Å²) in [4.78, 5) is 13.3. The van der Waals surface area contributed by atoms with E-state index in [0.29, 0.717) is 5.75 Å². The largest absolute Gasteiger partial charge is 0.495 e. The first kappa shape index (κ1) is 13.7. The van der Waals surface area contributed by atoms with Crippen molar-refractivity contribution in [3.05, 3.63) is 24.3 Å². The first-order valence-electron chi connectivity index (χ1n) is 6.35. The normalized spacial score (nSPS) is 17.6. The van der Waals surface area contributed by atoms with E-state index in [9.17, 15) is 9.90 Å². The summed E-state index contributed by atoms with van der Waals surface area (Å²) < 4.78 is 5.29. The number of benzene rings is 1. The summed E-state index contributed by atoms with van der Waals surface area (Å²) >= 11 is 0. The lowest BCUT2D eigenvalue weighted by Crippen LogP contribution is -2.57. The summed E-state index contributed by atoms with van der Waals surface area (Å²) in [5.74, 6) is -0.146. The molecule has 5 nitrogen and oxygen atoms in total. The Morgan fingerprint density at radius 3 is 2.68 bits per heavy atom. The predicted molar refractivity (Wildman–Crippen MR) is 73.5 cm³/mol. The Hall–Kier alpha value is -1.75. The van der Waals surface area contributed by atoms with E-state index in [1.54, 1.807) is 7.11 Å². The molecule has 1 aromatic carbocycles. The van der Waals surface area contributed by atoms with Gasteiger partial charge in [0, 0.05) is 13.6 Å². The van der Waals surface area contributed by atoms with E-state index in [1.807, 2.05) is 36.2 Å². The molecule has 0 aliphatic heterocycles. The lowest BCUT2D eigenvalue weighted by atomic mass is 9.94. The van der Waals surface area contributed by atoms with E-state index >= 15 is 0 Å². The Bertz CT molecular complexity index is 474. The van der Waals surface area contributed by atoms with Gasteiger partial charge >= 0.3 is 5.97 Å². The number of nitrogens with two attached hydrogens (primary N) is 1. The second kappa shape index (κ2) is 5.09. The van der Waals surface area contributed by atoms with Gasteiger partial charge in [0.05, 0.1) is 12.8 Å². The van der Waals surface area contributed by atoms with Crippen LogP contribution in [0.4, 0.5) is 5.69 Å². The van der Waals surface area contributed by atoms with Crippen molar-refractivity contribution in [1.82, 2.24) is 0 Å². The zero-order valence-corrected chi connectivity index (χ0v) is 11.3. The number of nitrogens with zero attached hydrogens (tertiary/aromatic N) is 1. The number of para-hydroxylation sites is 2. The first-order valence-corrected chi connectivity index (χ1v) is 6.35. The van der Waals surface area contributed by atoms with E-state index in [0.717, 1.165) is 18.5 Å². The van der Waals surface area contributed by atoms with Crippen LogP contribution in [0.2, 0.25) is 0 Å². The van der Waals surface area contributed by atoms with E-state index < -0.39 is 11.5 Å². The van der Waals surface area contributed by atoms with Crippen LogP contribution in [0.5, 0.6) is 5.75 Å². The molecule has 0 saturated heterocycles. The van der Waals surface area contributed by atoms with Gasteiger partial charge in [0.2, 0.25) is 0 Å². The molecule has 1 fully saturated rings. The van der Waals surface area contributed by atoms with Crippen molar-refractivity contribution >= 4 is 11.7 Å². The Morgan fingerprint density at radius 1 is 1.53 bits per heavy atom. The number of ether oxygens (including phenoxy) is 1. The molecule has 0 aromatic heterocycles. The molecule has 104 valence electrons. The van der Waals surface area contributed by atoms with Crippen molar-refractivity contribution in [1.29, 1.82) is 0 Å². The standard InChI is InChI=1S/C14H20N2O3/c1-16(11-5-3-4-6-12(11)19-2)9-14(15,13(17)18)10-7-8-10/h3-6,10H,7-9,15H2,1-2H3,(H,17,18). The smallest absolute Gasteiger partial charge is 0.325 e. The molecule has 0 spiro atoms. The number of hydrogen-bond donors (Lipinski definition) is 2. The number of carboxylic acids is 1. The van der Waals surface area contributed by atoms with Crippen LogP contribution in [0.25, 0.3) is 0 Å². The highest BCUT2D eigenvalue weighted by Crippen LogP contribution is 2.40. The number of carbonyl (C=O) groups is 1. The molecule has 3 N–H and O–H groups in total. The van der Waals surface area contributed by atoms with Crippen LogP contribution in [0, 0.1) is 5.92 Å². The van der Waals surface area contributed by atoms with Crippen LogP contribution in [0.3, 0.4) is 0 Å². The monoisotopic (exact) mass is 264 g/mol. The van der Waals surface area contributed by atoms with Gasteiger partial charge < -0.3 is 20.5 Å². The van der Waals surface area contributed by atoms with Crippen LogP contribution in [-0.4, -0.2) is 37.3 Å². The minimum absolute atomic E-state index is 0.0714. The van der Waals surface area contributed by atoms with Gasteiger partial charge in [-0.2, -0.15) is 0 Å². The summed E-state index contributed by atoms with van der Waals surface area (Å²) in [5, 5.41) is 9.38. The lowest BCUT2D eigenvalue weighted by molar-refractivity contribution is -0.143. The van der Waals surface area contributed by atoms with Crippen molar-refractivity contribution in [2.45, 2.75) is 18.4 Å². The first-order chi connectivity index (χ1) is 8.99. The molecule has 0 heterocycles. The maximum Gasteiger partial charge on any atom is 0.325 e. The van der Waals surface area contributed by atoms with Crippen LogP contribution in [0.1, 0.15) is 12.8 Å². The Kier molecular flexibility index (Phi) is 3.66. The van der Waals surface area contributed by atoms with Crippen LogP contribution in [0.15, 0.2) is 24.3 Å². The summed E-state index contributed by atoms with van der Waals surface area (Å²) in [6, 6.07) is 7.52.